The Morgan fingerprint density at radius 3 is 3.00 bits per heavy atom. The predicted octanol–water partition coefficient (Wildman–Crippen LogP) is 2.91. The van der Waals surface area contributed by atoms with Gasteiger partial charge in [-0.05, 0) is 35.7 Å². The molecule has 134 valence electrons. The van der Waals surface area contributed by atoms with Crippen LogP contribution in [-0.4, -0.2) is 40.3 Å². The number of hydrogen-bond donors (Lipinski definition) is 0. The maximum Gasteiger partial charge on any atom is 0.229 e. The molecule has 0 radical (unpaired) electrons. The average molecular weight is 369 g/mol. The first kappa shape index (κ1) is 16.8. The van der Waals surface area contributed by atoms with E-state index in [4.69, 9.17) is 9.47 Å². The first-order valence-corrected chi connectivity index (χ1v) is 9.13. The number of carbonyl (C=O) groups is 1. The number of amides is 1. The molecule has 0 unspecified atom stereocenters. The van der Waals surface area contributed by atoms with Gasteiger partial charge in [-0.15, -0.1) is 0 Å². The summed E-state index contributed by atoms with van der Waals surface area (Å²) in [6.07, 6.45) is 0.657. The second-order valence-electron chi connectivity index (χ2n) is 6.44. The maximum atomic E-state index is 12.9. The molecule has 0 N–H and O–H groups in total. The van der Waals surface area contributed by atoms with Crippen LogP contribution in [-0.2, 0) is 17.8 Å². The zero-order valence-corrected chi connectivity index (χ0v) is 15.5. The number of aromatic nitrogens is 2. The molecule has 26 heavy (non-hydrogen) atoms. The number of carbonyl (C=O) groups excluding carboxylic acids is 1. The van der Waals surface area contributed by atoms with Gasteiger partial charge in [0, 0.05) is 13.6 Å². The molecule has 1 aliphatic heterocycles. The van der Waals surface area contributed by atoms with Crippen molar-refractivity contribution >= 4 is 28.7 Å². The lowest BCUT2D eigenvalue weighted by atomic mass is 9.95. The summed E-state index contributed by atoms with van der Waals surface area (Å²) in [6.45, 7) is 0.902. The van der Waals surface area contributed by atoms with Gasteiger partial charge in [0.05, 0.1) is 24.8 Å². The molecule has 2 aromatic carbocycles. The highest BCUT2D eigenvalue weighted by Crippen LogP contribution is 2.36. The summed E-state index contributed by atoms with van der Waals surface area (Å²) < 4.78 is 19.6. The van der Waals surface area contributed by atoms with Crippen molar-refractivity contribution in [2.24, 2.45) is 5.92 Å². The van der Waals surface area contributed by atoms with E-state index >= 15 is 0 Å². The fraction of sp³-hybridized carbons (Fsp3) is 0.316. The summed E-state index contributed by atoms with van der Waals surface area (Å²) in [7, 11) is 3.45. The van der Waals surface area contributed by atoms with Crippen molar-refractivity contribution in [3.63, 3.8) is 0 Å². The molecule has 4 rings (SSSR count). The lowest BCUT2D eigenvalue weighted by molar-refractivity contribution is -0.136. The van der Waals surface area contributed by atoms with E-state index in [2.05, 4.69) is 8.75 Å². The molecule has 1 atom stereocenters. The Morgan fingerprint density at radius 1 is 1.31 bits per heavy atom. The van der Waals surface area contributed by atoms with Gasteiger partial charge in [-0.2, -0.15) is 8.75 Å². The summed E-state index contributed by atoms with van der Waals surface area (Å²) >= 11 is 1.20. The van der Waals surface area contributed by atoms with Gasteiger partial charge in [0.2, 0.25) is 5.91 Å². The summed E-state index contributed by atoms with van der Waals surface area (Å²) in [5, 5.41) is 0. The van der Waals surface area contributed by atoms with E-state index in [-0.39, 0.29) is 11.8 Å². The third kappa shape index (κ3) is 3.10. The lowest BCUT2D eigenvalue weighted by Gasteiger charge is -2.29. The van der Waals surface area contributed by atoms with Gasteiger partial charge in [0.1, 0.15) is 17.6 Å². The number of ether oxygens (including phenoxy) is 2. The molecule has 0 bridgehead atoms. The Morgan fingerprint density at radius 2 is 2.15 bits per heavy atom. The van der Waals surface area contributed by atoms with E-state index in [0.717, 1.165) is 27.9 Å². The number of methoxy groups -OCH3 is 1. The number of rotatable bonds is 4. The maximum absolute atomic E-state index is 12.9. The second kappa shape index (κ2) is 6.92. The molecule has 1 aliphatic rings. The molecule has 0 spiro atoms. The second-order valence-corrected chi connectivity index (χ2v) is 6.97. The quantitative estimate of drug-likeness (QED) is 0.707. The highest BCUT2D eigenvalue weighted by Gasteiger charge is 2.29. The highest BCUT2D eigenvalue weighted by atomic mass is 32.1. The molecule has 3 aromatic rings. The van der Waals surface area contributed by atoms with Gasteiger partial charge in [-0.1, -0.05) is 18.2 Å². The zero-order valence-electron chi connectivity index (χ0n) is 14.6. The Labute approximate surface area is 155 Å². The van der Waals surface area contributed by atoms with Crippen LogP contribution < -0.4 is 9.47 Å². The SMILES string of the molecule is COc1cccc2c1OC[C@H](C(=O)N(C)Cc1ccc3nsnc3c1)C2. The fourth-order valence-electron chi connectivity index (χ4n) is 3.30. The molecule has 1 amide bonds. The van der Waals surface area contributed by atoms with Gasteiger partial charge in [0.25, 0.3) is 0 Å². The third-order valence-electron chi connectivity index (χ3n) is 4.64. The van der Waals surface area contributed by atoms with Crippen molar-refractivity contribution in [3.8, 4) is 11.5 Å². The van der Waals surface area contributed by atoms with Crippen molar-refractivity contribution in [1.82, 2.24) is 13.6 Å². The minimum absolute atomic E-state index is 0.0787. The van der Waals surface area contributed by atoms with Gasteiger partial charge in [-0.25, -0.2) is 0 Å². The Hall–Kier alpha value is -2.67. The molecule has 0 aliphatic carbocycles. The van der Waals surface area contributed by atoms with Crippen LogP contribution in [0.15, 0.2) is 36.4 Å². The monoisotopic (exact) mass is 369 g/mol. The highest BCUT2D eigenvalue weighted by molar-refractivity contribution is 7.00. The minimum atomic E-state index is -0.190. The van der Waals surface area contributed by atoms with Crippen LogP contribution >= 0.6 is 11.7 Å². The van der Waals surface area contributed by atoms with Crippen molar-refractivity contribution in [3.05, 3.63) is 47.5 Å². The predicted molar refractivity (Wildman–Crippen MR) is 99.6 cm³/mol. The topological polar surface area (TPSA) is 64.6 Å². The Kier molecular flexibility index (Phi) is 4.46. The van der Waals surface area contributed by atoms with E-state index in [1.165, 1.54) is 11.7 Å². The van der Waals surface area contributed by atoms with Crippen LogP contribution in [0, 0.1) is 5.92 Å². The largest absolute Gasteiger partial charge is 0.493 e. The minimum Gasteiger partial charge on any atom is -0.493 e. The van der Waals surface area contributed by atoms with Crippen LogP contribution in [0.2, 0.25) is 0 Å². The van der Waals surface area contributed by atoms with E-state index < -0.39 is 0 Å². The summed E-state index contributed by atoms with van der Waals surface area (Å²) in [4.78, 5) is 14.6. The summed E-state index contributed by atoms with van der Waals surface area (Å²) in [6, 6.07) is 11.7. The molecule has 6 nitrogen and oxygen atoms in total. The van der Waals surface area contributed by atoms with Crippen LogP contribution in [0.4, 0.5) is 0 Å². The van der Waals surface area contributed by atoms with Crippen LogP contribution in [0.1, 0.15) is 11.1 Å². The van der Waals surface area contributed by atoms with Gasteiger partial charge in [-0.3, -0.25) is 4.79 Å². The number of para-hydroxylation sites is 1. The molecule has 0 saturated carbocycles. The van der Waals surface area contributed by atoms with E-state index in [9.17, 15) is 4.79 Å². The molecular formula is C19H19N3O3S. The fourth-order valence-corrected chi connectivity index (χ4v) is 3.82. The number of hydrogen-bond acceptors (Lipinski definition) is 6. The first-order chi connectivity index (χ1) is 12.7. The van der Waals surface area contributed by atoms with Crippen molar-refractivity contribution in [2.75, 3.05) is 20.8 Å². The third-order valence-corrected chi connectivity index (χ3v) is 5.20. The molecule has 0 saturated heterocycles. The van der Waals surface area contributed by atoms with E-state index in [0.29, 0.717) is 25.3 Å². The number of nitrogens with zero attached hydrogens (tertiary/aromatic N) is 3. The van der Waals surface area contributed by atoms with E-state index in [1.54, 1.807) is 12.0 Å². The normalized spacial score (nSPS) is 16.0. The molecule has 2 heterocycles. The van der Waals surface area contributed by atoms with Crippen LogP contribution in [0.5, 0.6) is 11.5 Å². The molecule has 7 heteroatoms. The van der Waals surface area contributed by atoms with Crippen molar-refractivity contribution < 1.29 is 14.3 Å². The van der Waals surface area contributed by atoms with Crippen LogP contribution in [0.25, 0.3) is 11.0 Å². The lowest BCUT2D eigenvalue weighted by Crippen LogP contribution is -2.38. The van der Waals surface area contributed by atoms with Crippen LogP contribution in [0.3, 0.4) is 0 Å². The van der Waals surface area contributed by atoms with Gasteiger partial charge < -0.3 is 14.4 Å². The number of fused-ring (bicyclic) bond motifs is 2. The average Bonchev–Trinajstić information content (AvgIpc) is 3.14. The molecule has 1 aromatic heterocycles. The van der Waals surface area contributed by atoms with Crippen molar-refractivity contribution in [1.29, 1.82) is 0 Å². The summed E-state index contributed by atoms with van der Waals surface area (Å²) in [5.74, 6) is 1.36. The first-order valence-electron chi connectivity index (χ1n) is 8.40. The van der Waals surface area contributed by atoms with Gasteiger partial charge >= 0.3 is 0 Å². The van der Waals surface area contributed by atoms with Crippen molar-refractivity contribution in [2.45, 2.75) is 13.0 Å². The molecular weight excluding hydrogens is 350 g/mol. The van der Waals surface area contributed by atoms with Gasteiger partial charge in [0.15, 0.2) is 11.5 Å². The smallest absolute Gasteiger partial charge is 0.229 e. The standard InChI is InChI=1S/C19H19N3O3S/c1-22(10-12-6-7-15-16(8-12)21-26-20-15)19(23)14-9-13-4-3-5-17(24-2)18(13)25-11-14/h3-8,14H,9-11H2,1-2H3/t14-/m1/s1. The molecule has 0 fully saturated rings. The Balaban J connectivity index is 1.46. The number of benzene rings is 2. The van der Waals surface area contributed by atoms with E-state index in [1.807, 2.05) is 43.4 Å². The Bertz CT molecular complexity index is 956. The zero-order chi connectivity index (χ0) is 18.1. The summed E-state index contributed by atoms with van der Waals surface area (Å²) in [5.41, 5.74) is 3.81.